The van der Waals surface area contributed by atoms with Crippen molar-refractivity contribution in [1.82, 2.24) is 19.7 Å². The van der Waals surface area contributed by atoms with Gasteiger partial charge in [-0.15, -0.1) is 0 Å². The normalized spacial score (nSPS) is 11.6. The Labute approximate surface area is 153 Å². The van der Waals surface area contributed by atoms with E-state index >= 15 is 0 Å². The summed E-state index contributed by atoms with van der Waals surface area (Å²) in [6.07, 6.45) is -0.525. The summed E-state index contributed by atoms with van der Waals surface area (Å²) in [7, 11) is 0. The van der Waals surface area contributed by atoms with Crippen LogP contribution in [0.25, 0.3) is 16.9 Å². The van der Waals surface area contributed by atoms with Crippen LogP contribution in [-0.4, -0.2) is 30.8 Å². The smallest absolute Gasteiger partial charge is 0.417 e. The van der Waals surface area contributed by atoms with Gasteiger partial charge in [-0.05, 0) is 25.1 Å². The van der Waals surface area contributed by atoms with Crippen LogP contribution in [0.3, 0.4) is 0 Å². The molecule has 10 heteroatoms. The summed E-state index contributed by atoms with van der Waals surface area (Å²) in [5.41, 5.74) is -0.315. The van der Waals surface area contributed by atoms with Crippen molar-refractivity contribution in [3.05, 3.63) is 58.2 Å². The molecule has 3 rings (SSSR count). The number of carboxylic acids is 1. The van der Waals surface area contributed by atoms with Crippen LogP contribution in [0.15, 0.2) is 41.4 Å². The molecule has 0 saturated heterocycles. The van der Waals surface area contributed by atoms with Gasteiger partial charge in [0.2, 0.25) is 0 Å². The Kier molecular flexibility index (Phi) is 4.53. The minimum absolute atomic E-state index is 0.0760. The molecule has 2 heterocycles. The quantitative estimate of drug-likeness (QED) is 0.681. The zero-order chi connectivity index (χ0) is 19.1. The van der Waals surface area contributed by atoms with Crippen LogP contribution in [0.4, 0.5) is 13.2 Å². The predicted molar refractivity (Wildman–Crippen MR) is 89.0 cm³/mol. The second-order valence-electron chi connectivity index (χ2n) is 5.32. The molecule has 1 N–H and O–H groups in total. The lowest BCUT2D eigenvalue weighted by Crippen LogP contribution is -2.09. The Balaban J connectivity index is 2.23. The first-order valence-corrected chi connectivity index (χ1v) is 7.95. The van der Waals surface area contributed by atoms with E-state index in [4.69, 9.17) is 0 Å². The summed E-state index contributed by atoms with van der Waals surface area (Å²) in [5, 5.41) is 13.7. The zero-order valence-electron chi connectivity index (χ0n) is 13.1. The number of halogens is 4. The Hall–Kier alpha value is -2.75. The van der Waals surface area contributed by atoms with Crippen LogP contribution < -0.4 is 0 Å². The molecule has 3 aromatic rings. The van der Waals surface area contributed by atoms with Crippen molar-refractivity contribution in [2.45, 2.75) is 13.1 Å². The topological polar surface area (TPSA) is 80.9 Å². The van der Waals surface area contributed by atoms with Gasteiger partial charge in [0.15, 0.2) is 0 Å². The lowest BCUT2D eigenvalue weighted by atomic mass is 10.1. The van der Waals surface area contributed by atoms with Crippen LogP contribution in [-0.2, 0) is 6.18 Å². The first kappa shape index (κ1) is 18.1. The summed E-state index contributed by atoms with van der Waals surface area (Å²) >= 11 is 2.88. The van der Waals surface area contributed by atoms with Gasteiger partial charge < -0.3 is 5.11 Å². The number of hydrogen-bond donors (Lipinski definition) is 1. The average molecular weight is 427 g/mol. The number of alkyl halides is 3. The van der Waals surface area contributed by atoms with Gasteiger partial charge in [-0.1, -0.05) is 15.9 Å². The molecule has 0 aliphatic carbocycles. The molecule has 0 atom stereocenters. The Bertz CT molecular complexity index is 987. The minimum Gasteiger partial charge on any atom is -0.478 e. The first-order valence-electron chi connectivity index (χ1n) is 7.15. The number of benzene rings is 1. The number of aromatic carboxylic acids is 1. The molecule has 2 aromatic heterocycles. The van der Waals surface area contributed by atoms with E-state index in [1.807, 2.05) is 0 Å². The summed E-state index contributed by atoms with van der Waals surface area (Å²) < 4.78 is 40.5. The van der Waals surface area contributed by atoms with Crippen molar-refractivity contribution in [1.29, 1.82) is 0 Å². The van der Waals surface area contributed by atoms with Crippen LogP contribution in [0.2, 0.25) is 0 Å². The Morgan fingerprint density at radius 1 is 1.23 bits per heavy atom. The van der Waals surface area contributed by atoms with E-state index in [1.54, 1.807) is 0 Å². The highest BCUT2D eigenvalue weighted by atomic mass is 79.9. The largest absolute Gasteiger partial charge is 0.478 e. The highest BCUT2D eigenvalue weighted by Crippen LogP contribution is 2.36. The summed E-state index contributed by atoms with van der Waals surface area (Å²) in [5.74, 6) is -1.25. The maximum atomic E-state index is 13.2. The molecule has 0 unspecified atom stereocenters. The zero-order valence-corrected chi connectivity index (χ0v) is 14.7. The van der Waals surface area contributed by atoms with Crippen LogP contribution in [0.5, 0.6) is 0 Å². The fourth-order valence-corrected chi connectivity index (χ4v) is 2.97. The monoisotopic (exact) mass is 426 g/mol. The molecule has 0 fully saturated rings. The molecule has 0 bridgehead atoms. The fourth-order valence-electron chi connectivity index (χ4n) is 2.50. The third-order valence-corrected chi connectivity index (χ3v) is 4.36. The number of aromatic nitrogens is 4. The van der Waals surface area contributed by atoms with Crippen LogP contribution >= 0.6 is 15.9 Å². The molecule has 0 amide bonds. The summed E-state index contributed by atoms with van der Waals surface area (Å²) in [6, 6.07) is 3.56. The van der Waals surface area contributed by atoms with E-state index in [0.29, 0.717) is 5.56 Å². The SMILES string of the molecule is Cc1c(C(=O)O)c(-c2cncnc2)nn1-c1ccc(Br)c(C(F)(F)F)c1. The molecule has 0 radical (unpaired) electrons. The van der Waals surface area contributed by atoms with Crippen LogP contribution in [0.1, 0.15) is 21.6 Å². The number of carbonyl (C=O) groups is 1. The van der Waals surface area contributed by atoms with E-state index in [1.165, 1.54) is 37.8 Å². The molecule has 0 saturated carbocycles. The number of carboxylic acid groups (broad SMARTS) is 1. The molecule has 0 aliphatic heterocycles. The van der Waals surface area contributed by atoms with Crippen molar-refractivity contribution >= 4 is 21.9 Å². The second kappa shape index (κ2) is 6.52. The van der Waals surface area contributed by atoms with E-state index in [-0.39, 0.29) is 27.1 Å². The van der Waals surface area contributed by atoms with Crippen molar-refractivity contribution in [3.63, 3.8) is 0 Å². The highest BCUT2D eigenvalue weighted by Gasteiger charge is 2.33. The number of hydrogen-bond acceptors (Lipinski definition) is 4. The van der Waals surface area contributed by atoms with Crippen LogP contribution in [0, 0.1) is 6.92 Å². The van der Waals surface area contributed by atoms with E-state index in [2.05, 4.69) is 31.0 Å². The molecule has 0 spiro atoms. The molecular formula is C16H10BrF3N4O2. The third kappa shape index (κ3) is 3.19. The number of rotatable bonds is 3. The fraction of sp³-hybridized carbons (Fsp3) is 0.125. The summed E-state index contributed by atoms with van der Waals surface area (Å²) in [6.45, 7) is 1.47. The first-order chi connectivity index (χ1) is 12.2. The maximum absolute atomic E-state index is 13.2. The van der Waals surface area contributed by atoms with Crippen molar-refractivity contribution < 1.29 is 23.1 Å². The standard InChI is InChI=1S/C16H10BrF3N4O2/c1-8-13(15(25)26)14(9-5-21-7-22-6-9)23-24(8)10-2-3-12(17)11(4-10)16(18,19)20/h2-7H,1H3,(H,25,26). The maximum Gasteiger partial charge on any atom is 0.417 e. The van der Waals surface area contributed by atoms with Gasteiger partial charge in [0.05, 0.1) is 16.9 Å². The van der Waals surface area contributed by atoms with Gasteiger partial charge in [-0.2, -0.15) is 18.3 Å². The van der Waals surface area contributed by atoms with E-state index in [0.717, 1.165) is 10.7 Å². The van der Waals surface area contributed by atoms with E-state index < -0.39 is 17.7 Å². The molecule has 0 aliphatic rings. The number of nitrogens with zero attached hydrogens (tertiary/aromatic N) is 4. The predicted octanol–water partition coefficient (Wildman–Crippen LogP) is 4.12. The molecule has 6 nitrogen and oxygen atoms in total. The molecule has 1 aromatic carbocycles. The van der Waals surface area contributed by atoms with Gasteiger partial charge in [0.25, 0.3) is 0 Å². The van der Waals surface area contributed by atoms with Crippen molar-refractivity contribution in [2.24, 2.45) is 0 Å². The minimum atomic E-state index is -4.57. The highest BCUT2D eigenvalue weighted by molar-refractivity contribution is 9.10. The third-order valence-electron chi connectivity index (χ3n) is 3.66. The second-order valence-corrected chi connectivity index (χ2v) is 6.17. The van der Waals surface area contributed by atoms with E-state index in [9.17, 15) is 23.1 Å². The van der Waals surface area contributed by atoms with Gasteiger partial charge in [0.1, 0.15) is 17.6 Å². The lowest BCUT2D eigenvalue weighted by Gasteiger charge is -2.12. The van der Waals surface area contributed by atoms with Crippen molar-refractivity contribution in [3.8, 4) is 16.9 Å². The molecular weight excluding hydrogens is 417 g/mol. The molecule has 134 valence electrons. The van der Waals surface area contributed by atoms with Gasteiger partial charge in [0, 0.05) is 22.4 Å². The Morgan fingerprint density at radius 3 is 2.46 bits per heavy atom. The van der Waals surface area contributed by atoms with Gasteiger partial charge >= 0.3 is 12.1 Å². The van der Waals surface area contributed by atoms with Gasteiger partial charge in [-0.25, -0.2) is 19.4 Å². The average Bonchev–Trinajstić information content (AvgIpc) is 2.92. The van der Waals surface area contributed by atoms with Gasteiger partial charge in [-0.3, -0.25) is 0 Å². The Morgan fingerprint density at radius 2 is 1.88 bits per heavy atom. The lowest BCUT2D eigenvalue weighted by molar-refractivity contribution is -0.138. The molecule has 26 heavy (non-hydrogen) atoms. The van der Waals surface area contributed by atoms with Crippen molar-refractivity contribution in [2.75, 3.05) is 0 Å². The summed E-state index contributed by atoms with van der Waals surface area (Å²) in [4.78, 5) is 19.3.